The van der Waals surface area contributed by atoms with Crippen LogP contribution in [0.1, 0.15) is 33.4 Å². The van der Waals surface area contributed by atoms with Crippen molar-refractivity contribution in [2.45, 2.75) is 41.5 Å². The van der Waals surface area contributed by atoms with Crippen LogP contribution in [-0.4, -0.2) is 16.6 Å². The highest BCUT2D eigenvalue weighted by molar-refractivity contribution is 7.41. The SMILES string of the molecule is Cc1ccc([Si](O[P+](=O)O[Si](c2ccc(C)cc2)(c2ccc(C)cc2)c2ccc(C)cc2)(c2ccc(C)cc2)c2ccc(C)cc2)cc1. The van der Waals surface area contributed by atoms with E-state index in [-0.39, 0.29) is 0 Å². The lowest BCUT2D eigenvalue weighted by molar-refractivity contribution is 0.424. The molecule has 0 heterocycles. The van der Waals surface area contributed by atoms with Gasteiger partial charge in [0.1, 0.15) is 0 Å². The van der Waals surface area contributed by atoms with Crippen molar-refractivity contribution in [2.75, 3.05) is 0 Å². The van der Waals surface area contributed by atoms with Crippen LogP contribution in [-0.2, 0) is 13.0 Å². The Bertz CT molecular complexity index is 1630. The van der Waals surface area contributed by atoms with Gasteiger partial charge in [-0.3, -0.25) is 0 Å². The van der Waals surface area contributed by atoms with Gasteiger partial charge in [0.25, 0.3) is 0 Å². The molecule has 6 aromatic rings. The molecule has 6 aromatic carbocycles. The van der Waals surface area contributed by atoms with Gasteiger partial charge in [0.05, 0.1) is 0 Å². The predicted octanol–water partition coefficient (Wildman–Crippen LogP) is 6.86. The van der Waals surface area contributed by atoms with Gasteiger partial charge in [-0.1, -0.05) is 179 Å². The predicted molar refractivity (Wildman–Crippen MR) is 206 cm³/mol. The van der Waals surface area contributed by atoms with Gasteiger partial charge in [-0.25, -0.2) is 0 Å². The van der Waals surface area contributed by atoms with Gasteiger partial charge in [0, 0.05) is 4.57 Å². The summed E-state index contributed by atoms with van der Waals surface area (Å²) in [4.78, 5) is 0. The Morgan fingerprint density at radius 3 is 0.604 bits per heavy atom. The summed E-state index contributed by atoms with van der Waals surface area (Å²) in [5.74, 6) is 0. The quantitative estimate of drug-likeness (QED) is 0.0901. The average Bonchev–Trinajstić information content (AvgIpc) is 3.09. The van der Waals surface area contributed by atoms with Crippen LogP contribution in [0.25, 0.3) is 0 Å². The summed E-state index contributed by atoms with van der Waals surface area (Å²) in [6.45, 7) is 12.5. The van der Waals surface area contributed by atoms with Crippen LogP contribution < -0.4 is 31.1 Å². The van der Waals surface area contributed by atoms with Crippen LogP contribution in [0.2, 0.25) is 0 Å². The lowest BCUT2D eigenvalue weighted by Gasteiger charge is -2.30. The van der Waals surface area contributed by atoms with E-state index < -0.39 is 24.9 Å². The molecular weight excluding hydrogens is 640 g/mol. The van der Waals surface area contributed by atoms with Crippen molar-refractivity contribution >= 4 is 56.0 Å². The summed E-state index contributed by atoms with van der Waals surface area (Å²) in [7, 11) is -9.41. The van der Waals surface area contributed by atoms with Crippen LogP contribution in [0.4, 0.5) is 0 Å². The molecular formula is C42H42O3PSi2+. The largest absolute Gasteiger partial charge is 0.675 e. The van der Waals surface area contributed by atoms with Crippen molar-refractivity contribution in [3.05, 3.63) is 179 Å². The minimum atomic E-state index is -3.37. The first-order valence-corrected chi connectivity index (χ1v) is 21.3. The van der Waals surface area contributed by atoms with E-state index in [1.165, 1.54) is 0 Å². The van der Waals surface area contributed by atoms with Crippen LogP contribution in [0.5, 0.6) is 0 Å². The standard InChI is InChI=1S/C42H42O3PSi2/c1-31-7-19-37(20-8-31)47(38-21-9-32(2)10-22-38,39-23-11-33(3)12-24-39)44-46(43)45-48(40-25-13-34(4)14-26-40,41-27-15-35(5)16-28-41)42-29-17-36(6)18-30-42/h7-30H,1-6H3/q+1. The molecule has 0 saturated carbocycles. The molecule has 0 aromatic heterocycles. The van der Waals surface area contributed by atoms with Crippen LogP contribution >= 0.6 is 8.25 Å². The first-order valence-electron chi connectivity index (χ1n) is 16.4. The normalized spacial score (nSPS) is 11.8. The van der Waals surface area contributed by atoms with E-state index >= 15 is 4.57 Å². The molecule has 6 rings (SSSR count). The van der Waals surface area contributed by atoms with E-state index in [1.54, 1.807) is 0 Å². The highest BCUT2D eigenvalue weighted by Gasteiger charge is 2.56. The zero-order chi connectivity index (χ0) is 33.9. The second-order valence-electron chi connectivity index (χ2n) is 13.0. The first-order chi connectivity index (χ1) is 23.1. The molecule has 48 heavy (non-hydrogen) atoms. The fourth-order valence-corrected chi connectivity index (χ4v) is 16.9. The van der Waals surface area contributed by atoms with Crippen molar-refractivity contribution < 1.29 is 13.0 Å². The fraction of sp³-hybridized carbons (Fsp3) is 0.143. The monoisotopic (exact) mass is 681 g/mol. The molecule has 240 valence electrons. The Balaban J connectivity index is 1.59. The van der Waals surface area contributed by atoms with Crippen molar-refractivity contribution in [3.63, 3.8) is 0 Å². The van der Waals surface area contributed by atoms with E-state index in [2.05, 4.69) is 187 Å². The molecule has 3 nitrogen and oxygen atoms in total. The van der Waals surface area contributed by atoms with Gasteiger partial charge in [-0.05, 0) is 72.7 Å². The van der Waals surface area contributed by atoms with Gasteiger partial charge in [0.15, 0.2) is 0 Å². The van der Waals surface area contributed by atoms with Crippen LogP contribution in [0, 0.1) is 41.5 Å². The summed E-state index contributed by atoms with van der Waals surface area (Å²) in [5.41, 5.74) is 6.91. The van der Waals surface area contributed by atoms with Crippen molar-refractivity contribution in [3.8, 4) is 0 Å². The molecule has 0 unspecified atom stereocenters. The van der Waals surface area contributed by atoms with Gasteiger partial charge >= 0.3 is 24.9 Å². The molecule has 0 radical (unpaired) electrons. The third-order valence-electron chi connectivity index (χ3n) is 9.17. The third kappa shape index (κ3) is 6.70. The Kier molecular flexibility index (Phi) is 9.89. The van der Waals surface area contributed by atoms with Gasteiger partial charge in [-0.2, -0.15) is 8.43 Å². The topological polar surface area (TPSA) is 35.5 Å². The van der Waals surface area contributed by atoms with Crippen molar-refractivity contribution in [2.24, 2.45) is 0 Å². The highest BCUT2D eigenvalue weighted by atomic mass is 31.1. The van der Waals surface area contributed by atoms with Gasteiger partial charge in [-0.15, -0.1) is 0 Å². The summed E-state index contributed by atoms with van der Waals surface area (Å²) in [6.07, 6.45) is 0. The maximum Gasteiger partial charge on any atom is 0.675 e. The summed E-state index contributed by atoms with van der Waals surface area (Å²) in [5, 5.41) is 6.09. The van der Waals surface area contributed by atoms with E-state index in [9.17, 15) is 0 Å². The molecule has 0 amide bonds. The Labute approximate surface area is 288 Å². The third-order valence-corrected chi connectivity index (χ3v) is 19.4. The molecule has 0 bridgehead atoms. The van der Waals surface area contributed by atoms with Crippen molar-refractivity contribution in [1.29, 1.82) is 0 Å². The van der Waals surface area contributed by atoms with E-state index in [1.807, 2.05) is 0 Å². The highest BCUT2D eigenvalue weighted by Crippen LogP contribution is 2.34. The van der Waals surface area contributed by atoms with E-state index in [0.717, 1.165) is 64.5 Å². The Morgan fingerprint density at radius 1 is 0.312 bits per heavy atom. The number of benzene rings is 6. The lowest BCUT2D eigenvalue weighted by atomic mass is 10.2. The molecule has 0 aliphatic heterocycles. The van der Waals surface area contributed by atoms with E-state index in [0.29, 0.717) is 0 Å². The molecule has 0 aliphatic carbocycles. The van der Waals surface area contributed by atoms with E-state index in [4.69, 9.17) is 8.43 Å². The van der Waals surface area contributed by atoms with Crippen molar-refractivity contribution in [1.82, 2.24) is 0 Å². The maximum absolute atomic E-state index is 15.1. The summed E-state index contributed by atoms with van der Waals surface area (Å²) < 4.78 is 29.4. The van der Waals surface area contributed by atoms with Crippen LogP contribution in [0.3, 0.4) is 0 Å². The molecule has 0 fully saturated rings. The second kappa shape index (κ2) is 14.1. The van der Waals surface area contributed by atoms with Crippen LogP contribution in [0.15, 0.2) is 146 Å². The molecule has 0 spiro atoms. The number of aryl methyl sites for hydroxylation is 6. The lowest BCUT2D eigenvalue weighted by Crippen LogP contribution is -2.70. The van der Waals surface area contributed by atoms with Gasteiger partial charge < -0.3 is 0 Å². The molecule has 0 N–H and O–H groups in total. The number of rotatable bonds is 10. The smallest absolute Gasteiger partial charge is 0.159 e. The number of hydrogen-bond donors (Lipinski definition) is 0. The molecule has 0 atom stereocenters. The van der Waals surface area contributed by atoms with Gasteiger partial charge in [0.2, 0.25) is 0 Å². The average molecular weight is 682 g/mol. The minimum Gasteiger partial charge on any atom is -0.159 e. The summed E-state index contributed by atoms with van der Waals surface area (Å²) in [6, 6.07) is 50.9. The zero-order valence-corrected chi connectivity index (χ0v) is 31.4. The maximum atomic E-state index is 15.1. The minimum absolute atomic E-state index is 1.01. The second-order valence-corrected chi connectivity index (χ2v) is 21.1. The Hall–Kier alpha value is -4.23. The Morgan fingerprint density at radius 2 is 0.458 bits per heavy atom. The fourth-order valence-electron chi connectivity index (χ4n) is 6.29. The molecule has 0 aliphatic rings. The zero-order valence-electron chi connectivity index (χ0n) is 28.5. The summed E-state index contributed by atoms with van der Waals surface area (Å²) >= 11 is 0. The molecule has 6 heteroatoms. The number of hydrogen-bond acceptors (Lipinski definition) is 3. The molecule has 0 saturated heterocycles. The first kappa shape index (κ1) is 33.7.